The molecule has 0 bridgehead atoms. The van der Waals surface area contributed by atoms with Gasteiger partial charge in [-0.15, -0.1) is 0 Å². The third kappa shape index (κ3) is 3.66. The number of nitro benzene ring substituents is 1. The zero-order chi connectivity index (χ0) is 15.4. The fourth-order valence-corrected chi connectivity index (χ4v) is 2.38. The Morgan fingerprint density at radius 3 is 2.62 bits per heavy atom. The van der Waals surface area contributed by atoms with Crippen LogP contribution in [0.3, 0.4) is 0 Å². The first-order valence-corrected chi connectivity index (χ1v) is 7.08. The minimum atomic E-state index is -0.453. The number of hydrogen-bond acceptors (Lipinski definition) is 3. The Bertz CT molecular complexity index is 688. The normalized spacial score (nSPS) is 11.7. The highest BCUT2D eigenvalue weighted by Crippen LogP contribution is 2.21. The lowest BCUT2D eigenvalue weighted by molar-refractivity contribution is -0.384. The van der Waals surface area contributed by atoms with Gasteiger partial charge in [-0.25, -0.2) is 0 Å². The second-order valence-corrected chi connectivity index (χ2v) is 5.38. The molecule has 2 aromatic rings. The summed E-state index contributed by atoms with van der Waals surface area (Å²) < 4.78 is 0.703. The van der Waals surface area contributed by atoms with Crippen LogP contribution >= 0.6 is 15.9 Å². The summed E-state index contributed by atoms with van der Waals surface area (Å²) in [6.45, 7) is 1.79. The quantitative estimate of drug-likeness (QED) is 0.673. The fraction of sp³-hybridized carbons (Fsp3) is 0.133. The van der Waals surface area contributed by atoms with Gasteiger partial charge in [0.15, 0.2) is 0 Å². The maximum atomic E-state index is 12.2. The largest absolute Gasteiger partial charge is 0.345 e. The number of nitrogens with one attached hydrogen (secondary N) is 1. The van der Waals surface area contributed by atoms with Gasteiger partial charge in [0.25, 0.3) is 11.6 Å². The summed E-state index contributed by atoms with van der Waals surface area (Å²) in [4.78, 5) is 22.5. The zero-order valence-corrected chi connectivity index (χ0v) is 12.8. The molecule has 6 heteroatoms. The number of carbonyl (C=O) groups excluding carboxylic acids is 1. The molecule has 0 saturated carbocycles. The molecule has 1 N–H and O–H groups in total. The highest BCUT2D eigenvalue weighted by atomic mass is 79.9. The van der Waals surface area contributed by atoms with Crippen molar-refractivity contribution in [3.8, 4) is 0 Å². The third-order valence-corrected chi connectivity index (χ3v) is 3.74. The van der Waals surface area contributed by atoms with E-state index >= 15 is 0 Å². The smallest absolute Gasteiger partial charge is 0.269 e. The monoisotopic (exact) mass is 348 g/mol. The number of halogens is 1. The van der Waals surface area contributed by atoms with E-state index in [2.05, 4.69) is 21.2 Å². The lowest BCUT2D eigenvalue weighted by Crippen LogP contribution is -2.26. The molecule has 0 fully saturated rings. The number of non-ortho nitro benzene ring substituents is 1. The molecular weight excluding hydrogens is 336 g/mol. The first-order valence-electron chi connectivity index (χ1n) is 6.29. The van der Waals surface area contributed by atoms with Crippen LogP contribution in [0.1, 0.15) is 28.9 Å². The molecular formula is C15H13BrN2O3. The van der Waals surface area contributed by atoms with Crippen LogP contribution in [0.4, 0.5) is 5.69 Å². The predicted molar refractivity (Wildman–Crippen MR) is 83.1 cm³/mol. The minimum absolute atomic E-state index is 0.00879. The second-order valence-electron chi connectivity index (χ2n) is 4.53. The lowest BCUT2D eigenvalue weighted by atomic mass is 10.1. The van der Waals surface area contributed by atoms with Gasteiger partial charge in [-0.2, -0.15) is 0 Å². The van der Waals surface area contributed by atoms with Crippen molar-refractivity contribution in [1.29, 1.82) is 0 Å². The highest BCUT2D eigenvalue weighted by Gasteiger charge is 2.15. The van der Waals surface area contributed by atoms with Gasteiger partial charge in [0.2, 0.25) is 0 Å². The van der Waals surface area contributed by atoms with Gasteiger partial charge < -0.3 is 5.32 Å². The maximum absolute atomic E-state index is 12.2. The van der Waals surface area contributed by atoms with Crippen LogP contribution in [0, 0.1) is 10.1 Å². The van der Waals surface area contributed by atoms with E-state index < -0.39 is 4.92 Å². The molecule has 21 heavy (non-hydrogen) atoms. The predicted octanol–water partition coefficient (Wildman–Crippen LogP) is 3.85. The van der Waals surface area contributed by atoms with Crippen LogP contribution in [0.2, 0.25) is 0 Å². The SMILES string of the molecule is CC(NC(=O)c1ccccc1Br)c1cccc([N+](=O)[O-])c1. The van der Waals surface area contributed by atoms with Crippen molar-refractivity contribution in [3.63, 3.8) is 0 Å². The van der Waals surface area contributed by atoms with Crippen molar-refractivity contribution in [3.05, 3.63) is 74.2 Å². The standard InChI is InChI=1S/C15H13BrN2O3/c1-10(11-5-4-6-12(9-11)18(20)21)17-15(19)13-7-2-3-8-14(13)16/h2-10H,1H3,(H,17,19). The summed E-state index contributed by atoms with van der Waals surface area (Å²) in [5.74, 6) is -0.235. The number of nitrogens with zero attached hydrogens (tertiary/aromatic N) is 1. The van der Waals surface area contributed by atoms with E-state index in [4.69, 9.17) is 0 Å². The Hall–Kier alpha value is -2.21. The Morgan fingerprint density at radius 2 is 1.95 bits per heavy atom. The molecule has 0 radical (unpaired) electrons. The average Bonchev–Trinajstić information content (AvgIpc) is 2.47. The first-order chi connectivity index (χ1) is 9.99. The third-order valence-electron chi connectivity index (χ3n) is 3.05. The summed E-state index contributed by atoms with van der Waals surface area (Å²) in [6.07, 6.45) is 0. The molecule has 0 aliphatic carbocycles. The number of hydrogen-bond donors (Lipinski definition) is 1. The minimum Gasteiger partial charge on any atom is -0.345 e. The molecule has 108 valence electrons. The number of benzene rings is 2. The van der Waals surface area contributed by atoms with Gasteiger partial charge in [0.1, 0.15) is 0 Å². The lowest BCUT2D eigenvalue weighted by Gasteiger charge is -2.14. The maximum Gasteiger partial charge on any atom is 0.269 e. The number of nitro groups is 1. The fourth-order valence-electron chi connectivity index (χ4n) is 1.91. The molecule has 0 aliphatic rings. The molecule has 0 spiro atoms. The van der Waals surface area contributed by atoms with Gasteiger partial charge in [0.05, 0.1) is 16.5 Å². The molecule has 1 unspecified atom stereocenters. The van der Waals surface area contributed by atoms with Crippen molar-refractivity contribution in [2.75, 3.05) is 0 Å². The zero-order valence-electron chi connectivity index (χ0n) is 11.2. The van der Waals surface area contributed by atoms with Crippen molar-refractivity contribution in [2.24, 2.45) is 0 Å². The molecule has 0 heterocycles. The Labute approximate surface area is 130 Å². The topological polar surface area (TPSA) is 72.2 Å². The van der Waals surface area contributed by atoms with Gasteiger partial charge in [-0.1, -0.05) is 24.3 Å². The summed E-state index contributed by atoms with van der Waals surface area (Å²) in [5.41, 5.74) is 1.22. The van der Waals surface area contributed by atoms with E-state index in [1.807, 2.05) is 6.07 Å². The Morgan fingerprint density at radius 1 is 1.24 bits per heavy atom. The van der Waals surface area contributed by atoms with E-state index in [0.717, 1.165) is 0 Å². The number of rotatable bonds is 4. The van der Waals surface area contributed by atoms with Crippen molar-refractivity contribution >= 4 is 27.5 Å². The Balaban J connectivity index is 2.16. The van der Waals surface area contributed by atoms with Crippen LogP contribution in [0.15, 0.2) is 53.0 Å². The second kappa shape index (κ2) is 6.49. The highest BCUT2D eigenvalue weighted by molar-refractivity contribution is 9.10. The molecule has 0 aliphatic heterocycles. The molecule has 0 saturated heterocycles. The molecule has 2 rings (SSSR count). The summed E-state index contributed by atoms with van der Waals surface area (Å²) in [5, 5.41) is 13.6. The van der Waals surface area contributed by atoms with E-state index in [-0.39, 0.29) is 17.6 Å². The first kappa shape index (κ1) is 15.2. The van der Waals surface area contributed by atoms with Crippen LogP contribution in [-0.2, 0) is 0 Å². The average molecular weight is 349 g/mol. The van der Waals surface area contributed by atoms with Crippen LogP contribution in [0.5, 0.6) is 0 Å². The van der Waals surface area contributed by atoms with Gasteiger partial charge in [-0.3, -0.25) is 14.9 Å². The van der Waals surface area contributed by atoms with E-state index in [0.29, 0.717) is 15.6 Å². The number of carbonyl (C=O) groups is 1. The summed E-state index contributed by atoms with van der Waals surface area (Å²) in [7, 11) is 0. The van der Waals surface area contributed by atoms with Gasteiger partial charge in [-0.05, 0) is 40.5 Å². The van der Waals surface area contributed by atoms with Crippen molar-refractivity contribution in [2.45, 2.75) is 13.0 Å². The van der Waals surface area contributed by atoms with Crippen LogP contribution < -0.4 is 5.32 Å². The van der Waals surface area contributed by atoms with E-state index in [1.165, 1.54) is 12.1 Å². The van der Waals surface area contributed by atoms with Crippen molar-refractivity contribution in [1.82, 2.24) is 5.32 Å². The van der Waals surface area contributed by atoms with Crippen molar-refractivity contribution < 1.29 is 9.72 Å². The van der Waals surface area contributed by atoms with E-state index in [1.54, 1.807) is 37.3 Å². The van der Waals surface area contributed by atoms with Gasteiger partial charge in [0, 0.05) is 16.6 Å². The summed E-state index contributed by atoms with van der Waals surface area (Å²) >= 11 is 3.32. The molecule has 1 atom stereocenters. The van der Waals surface area contributed by atoms with Crippen LogP contribution in [0.25, 0.3) is 0 Å². The summed E-state index contributed by atoms with van der Waals surface area (Å²) in [6, 6.07) is 13.0. The molecule has 1 amide bonds. The Kier molecular flexibility index (Phi) is 4.70. The van der Waals surface area contributed by atoms with Gasteiger partial charge >= 0.3 is 0 Å². The van der Waals surface area contributed by atoms with Crippen LogP contribution in [-0.4, -0.2) is 10.8 Å². The molecule has 2 aromatic carbocycles. The van der Waals surface area contributed by atoms with E-state index in [9.17, 15) is 14.9 Å². The molecule has 0 aromatic heterocycles. The molecule has 5 nitrogen and oxygen atoms in total. The number of amides is 1.